The second-order valence-corrected chi connectivity index (χ2v) is 4.23. The molecule has 0 amide bonds. The normalized spacial score (nSPS) is 11.3. The third-order valence-electron chi connectivity index (χ3n) is 2.37. The number of carboxylic acids is 1. The standard InChI is InChI=1S/C11H13N2.C3H6O3/c1-12-7-8-13(10-12)9-11-5-3-2-4-6-11;1-2(4)3(5)6/h2-8,10H,9H2,1H3;2,4H,1H3,(H,5,6)/q+1;/p-1. The number of carboxylic acid groups (broad SMARTS) is 1. The van der Waals surface area contributed by atoms with Crippen molar-refractivity contribution in [2.45, 2.75) is 19.6 Å². The maximum absolute atomic E-state index is 9.34. The van der Waals surface area contributed by atoms with E-state index in [0.717, 1.165) is 13.5 Å². The third kappa shape index (κ3) is 5.83. The van der Waals surface area contributed by atoms with Crippen molar-refractivity contribution in [3.05, 3.63) is 54.6 Å². The average molecular weight is 262 g/mol. The molecule has 1 unspecified atom stereocenters. The summed E-state index contributed by atoms with van der Waals surface area (Å²) in [6.45, 7) is 2.08. The quantitative estimate of drug-likeness (QED) is 0.757. The number of hydrogen-bond donors (Lipinski definition) is 1. The van der Waals surface area contributed by atoms with E-state index in [1.807, 2.05) is 23.9 Å². The van der Waals surface area contributed by atoms with Gasteiger partial charge in [-0.3, -0.25) is 0 Å². The third-order valence-corrected chi connectivity index (χ3v) is 2.37. The van der Waals surface area contributed by atoms with Crippen molar-refractivity contribution in [2.24, 2.45) is 7.05 Å². The number of aliphatic carboxylic acids is 1. The van der Waals surface area contributed by atoms with E-state index in [1.165, 1.54) is 5.56 Å². The lowest BCUT2D eigenvalue weighted by molar-refractivity contribution is -0.671. The molecule has 1 aromatic carbocycles. The second kappa shape index (κ2) is 7.33. The van der Waals surface area contributed by atoms with Crippen LogP contribution in [0.25, 0.3) is 0 Å². The van der Waals surface area contributed by atoms with Crippen LogP contribution in [0.4, 0.5) is 0 Å². The maximum Gasteiger partial charge on any atom is 0.243 e. The lowest BCUT2D eigenvalue weighted by Crippen LogP contribution is -2.32. The van der Waals surface area contributed by atoms with Crippen LogP contribution in [0.1, 0.15) is 12.5 Å². The lowest BCUT2D eigenvalue weighted by atomic mass is 10.2. The number of imidazole rings is 1. The molecular weight excluding hydrogens is 244 g/mol. The van der Waals surface area contributed by atoms with Crippen LogP contribution in [0, 0.1) is 0 Å². The van der Waals surface area contributed by atoms with Crippen LogP contribution in [-0.2, 0) is 18.4 Å². The van der Waals surface area contributed by atoms with Gasteiger partial charge in [0.1, 0.15) is 18.9 Å². The van der Waals surface area contributed by atoms with Crippen molar-refractivity contribution in [3.63, 3.8) is 0 Å². The minimum Gasteiger partial charge on any atom is -0.547 e. The molecule has 0 saturated carbocycles. The summed E-state index contributed by atoms with van der Waals surface area (Å²) in [5, 5.41) is 17.3. The Kier molecular flexibility index (Phi) is 5.75. The zero-order valence-electron chi connectivity index (χ0n) is 11.1. The van der Waals surface area contributed by atoms with Crippen LogP contribution in [0.2, 0.25) is 0 Å². The SMILES string of the molecule is CC(O)C(=O)[O-].C[n+]1ccn(Cc2ccccc2)c1. The van der Waals surface area contributed by atoms with E-state index in [1.54, 1.807) is 0 Å². The van der Waals surface area contributed by atoms with Crippen LogP contribution < -0.4 is 9.67 Å². The molecule has 2 rings (SSSR count). The van der Waals surface area contributed by atoms with E-state index in [0.29, 0.717) is 0 Å². The summed E-state index contributed by atoms with van der Waals surface area (Å²) < 4.78 is 4.21. The van der Waals surface area contributed by atoms with Gasteiger partial charge in [-0.2, -0.15) is 0 Å². The van der Waals surface area contributed by atoms with E-state index >= 15 is 0 Å². The minimum atomic E-state index is -1.44. The Morgan fingerprint density at radius 2 is 2.00 bits per heavy atom. The molecule has 2 aromatic rings. The highest BCUT2D eigenvalue weighted by atomic mass is 16.4. The van der Waals surface area contributed by atoms with E-state index < -0.39 is 12.1 Å². The van der Waals surface area contributed by atoms with Crippen LogP contribution in [0.3, 0.4) is 0 Å². The molecule has 0 aliphatic rings. The highest BCUT2D eigenvalue weighted by Crippen LogP contribution is 2.00. The smallest absolute Gasteiger partial charge is 0.243 e. The van der Waals surface area contributed by atoms with Crippen molar-refractivity contribution in [1.82, 2.24) is 4.57 Å². The first-order chi connectivity index (χ1) is 8.99. The number of carbonyl (C=O) groups is 1. The van der Waals surface area contributed by atoms with E-state index in [9.17, 15) is 9.90 Å². The summed E-state index contributed by atoms with van der Waals surface area (Å²) in [5.74, 6) is -1.44. The van der Waals surface area contributed by atoms with Crippen LogP contribution >= 0.6 is 0 Å². The topological polar surface area (TPSA) is 69.2 Å². The van der Waals surface area contributed by atoms with E-state index in [4.69, 9.17) is 5.11 Å². The van der Waals surface area contributed by atoms with Crippen LogP contribution in [0.15, 0.2) is 49.1 Å². The summed E-state index contributed by atoms with van der Waals surface area (Å²) in [5.41, 5.74) is 1.33. The highest BCUT2D eigenvalue weighted by Gasteiger charge is 1.99. The van der Waals surface area contributed by atoms with Crippen molar-refractivity contribution in [1.29, 1.82) is 0 Å². The molecule has 5 nitrogen and oxygen atoms in total. The summed E-state index contributed by atoms with van der Waals surface area (Å²) >= 11 is 0. The second-order valence-electron chi connectivity index (χ2n) is 4.23. The number of aryl methyl sites for hydroxylation is 1. The summed E-state index contributed by atoms with van der Waals surface area (Å²) in [6.07, 6.45) is 4.85. The fraction of sp³-hybridized carbons (Fsp3) is 0.286. The van der Waals surface area contributed by atoms with Gasteiger partial charge in [0, 0.05) is 0 Å². The van der Waals surface area contributed by atoms with Gasteiger partial charge in [0.25, 0.3) is 0 Å². The van der Waals surface area contributed by atoms with Gasteiger partial charge in [-0.05, 0) is 12.5 Å². The predicted octanol–water partition coefficient (Wildman–Crippen LogP) is -0.522. The highest BCUT2D eigenvalue weighted by molar-refractivity contribution is 5.68. The first-order valence-electron chi connectivity index (χ1n) is 5.93. The number of hydrogen-bond acceptors (Lipinski definition) is 3. The van der Waals surface area contributed by atoms with Crippen molar-refractivity contribution >= 4 is 5.97 Å². The zero-order valence-corrected chi connectivity index (χ0v) is 11.1. The molecule has 102 valence electrons. The van der Waals surface area contributed by atoms with Gasteiger partial charge in [-0.1, -0.05) is 30.3 Å². The molecule has 5 heteroatoms. The number of benzene rings is 1. The van der Waals surface area contributed by atoms with Gasteiger partial charge < -0.3 is 15.0 Å². The molecule has 1 N–H and O–H groups in total. The molecule has 1 aromatic heterocycles. The Hall–Kier alpha value is -2.14. The van der Waals surface area contributed by atoms with Crippen LogP contribution in [0.5, 0.6) is 0 Å². The van der Waals surface area contributed by atoms with Gasteiger partial charge >= 0.3 is 0 Å². The molecule has 0 aliphatic carbocycles. The Morgan fingerprint density at radius 1 is 1.42 bits per heavy atom. The first-order valence-corrected chi connectivity index (χ1v) is 5.93. The maximum atomic E-state index is 9.34. The largest absolute Gasteiger partial charge is 0.547 e. The van der Waals surface area contributed by atoms with Gasteiger partial charge in [-0.25, -0.2) is 9.13 Å². The first kappa shape index (κ1) is 14.9. The van der Waals surface area contributed by atoms with Gasteiger partial charge in [0.05, 0.1) is 19.1 Å². The monoisotopic (exact) mass is 262 g/mol. The Bertz CT molecular complexity index is 506. The van der Waals surface area contributed by atoms with Gasteiger partial charge in [0.15, 0.2) is 0 Å². The summed E-state index contributed by atoms with van der Waals surface area (Å²) in [4.78, 5) is 9.34. The Morgan fingerprint density at radius 3 is 2.42 bits per heavy atom. The van der Waals surface area contributed by atoms with E-state index in [2.05, 4.69) is 41.4 Å². The number of carbonyl (C=O) groups excluding carboxylic acids is 1. The number of aromatic nitrogens is 2. The Labute approximate surface area is 112 Å². The molecular formula is C14H18N2O3. The molecule has 19 heavy (non-hydrogen) atoms. The molecule has 0 saturated heterocycles. The molecule has 0 fully saturated rings. The predicted molar refractivity (Wildman–Crippen MR) is 67.8 cm³/mol. The number of aliphatic hydroxyl groups excluding tert-OH is 1. The van der Waals surface area contributed by atoms with Crippen molar-refractivity contribution in [3.8, 4) is 0 Å². The molecule has 0 radical (unpaired) electrons. The minimum absolute atomic E-state index is 0.946. The zero-order chi connectivity index (χ0) is 14.3. The molecule has 1 heterocycles. The lowest BCUT2D eigenvalue weighted by Gasteiger charge is -2.00. The number of aliphatic hydroxyl groups is 1. The average Bonchev–Trinajstić information content (AvgIpc) is 2.76. The number of rotatable bonds is 3. The summed E-state index contributed by atoms with van der Waals surface area (Å²) in [7, 11) is 2.03. The fourth-order valence-corrected chi connectivity index (χ4v) is 1.39. The van der Waals surface area contributed by atoms with Crippen molar-refractivity contribution in [2.75, 3.05) is 0 Å². The van der Waals surface area contributed by atoms with E-state index in [-0.39, 0.29) is 0 Å². The Balaban J connectivity index is 0.000000258. The van der Waals surface area contributed by atoms with Crippen molar-refractivity contribution < 1.29 is 19.6 Å². The molecule has 0 spiro atoms. The van der Waals surface area contributed by atoms with Gasteiger partial charge in [0.2, 0.25) is 6.33 Å². The molecule has 0 aliphatic heterocycles. The van der Waals surface area contributed by atoms with Crippen LogP contribution in [-0.4, -0.2) is 21.7 Å². The molecule has 1 atom stereocenters. The van der Waals surface area contributed by atoms with Gasteiger partial charge in [-0.15, -0.1) is 0 Å². The summed E-state index contributed by atoms with van der Waals surface area (Å²) in [6, 6.07) is 10.5. The molecule has 0 bridgehead atoms. The number of nitrogens with zero attached hydrogens (tertiary/aromatic N) is 2. The fourth-order valence-electron chi connectivity index (χ4n) is 1.39.